The lowest BCUT2D eigenvalue weighted by molar-refractivity contribution is -0.384. The molecule has 1 amide bonds. The third-order valence-electron chi connectivity index (χ3n) is 4.02. The number of amides is 1. The Morgan fingerprint density at radius 3 is 2.62 bits per heavy atom. The molecule has 0 bridgehead atoms. The Morgan fingerprint density at radius 1 is 1.38 bits per heavy atom. The molecule has 1 saturated heterocycles. The second-order valence-electron chi connectivity index (χ2n) is 7.04. The van der Waals surface area contributed by atoms with Gasteiger partial charge in [0, 0.05) is 43.6 Å². The van der Waals surface area contributed by atoms with Gasteiger partial charge in [0.2, 0.25) is 0 Å². The van der Waals surface area contributed by atoms with Crippen LogP contribution >= 0.6 is 0 Å². The van der Waals surface area contributed by atoms with E-state index in [9.17, 15) is 20.0 Å². The second-order valence-corrected chi connectivity index (χ2v) is 7.04. The first-order valence-corrected chi connectivity index (χ1v) is 8.32. The van der Waals surface area contributed by atoms with Crippen molar-refractivity contribution in [3.05, 3.63) is 33.9 Å². The molecule has 26 heavy (non-hydrogen) atoms. The molecule has 1 aliphatic rings. The fraction of sp³-hybridized carbons (Fsp3) is 0.588. The zero-order valence-electron chi connectivity index (χ0n) is 15.5. The van der Waals surface area contributed by atoms with E-state index < -0.39 is 22.8 Å². The number of anilines is 1. The van der Waals surface area contributed by atoms with Crippen LogP contribution in [0.25, 0.3) is 0 Å². The molecule has 0 unspecified atom stereocenters. The second kappa shape index (κ2) is 7.88. The van der Waals surface area contributed by atoms with Gasteiger partial charge in [-0.15, -0.1) is 0 Å². The standard InChI is InChI=1S/C17H25N3O6/c1-17(2,3)26-16(22)19-8-7-18(10-15(19)25-4)14-6-5-13(20(23)24)9-12(14)11-21/h5-6,9,15,21H,7-8,10-11H2,1-4H3/t15-/m1/s1. The summed E-state index contributed by atoms with van der Waals surface area (Å²) in [5, 5.41) is 20.5. The molecule has 1 aromatic rings. The Balaban J connectivity index is 2.18. The molecule has 0 saturated carbocycles. The molecule has 9 nitrogen and oxygen atoms in total. The van der Waals surface area contributed by atoms with E-state index in [0.29, 0.717) is 30.9 Å². The van der Waals surface area contributed by atoms with E-state index in [-0.39, 0.29) is 12.3 Å². The summed E-state index contributed by atoms with van der Waals surface area (Å²) >= 11 is 0. The molecule has 9 heteroatoms. The molecule has 1 aliphatic heterocycles. The van der Waals surface area contributed by atoms with Crippen molar-refractivity contribution >= 4 is 17.5 Å². The normalized spacial score (nSPS) is 18.0. The van der Waals surface area contributed by atoms with Crippen LogP contribution in [0.15, 0.2) is 18.2 Å². The summed E-state index contributed by atoms with van der Waals surface area (Å²) in [5.41, 5.74) is 0.465. The van der Waals surface area contributed by atoms with Crippen molar-refractivity contribution < 1.29 is 24.3 Å². The number of hydrogen-bond donors (Lipinski definition) is 1. The summed E-state index contributed by atoms with van der Waals surface area (Å²) in [6.07, 6.45) is -0.976. The quantitative estimate of drug-likeness (QED) is 0.642. The summed E-state index contributed by atoms with van der Waals surface area (Å²) in [6.45, 7) is 6.30. The van der Waals surface area contributed by atoms with Gasteiger partial charge in [0.15, 0.2) is 6.23 Å². The fourth-order valence-electron chi connectivity index (χ4n) is 2.82. The van der Waals surface area contributed by atoms with Crippen molar-refractivity contribution in [2.45, 2.75) is 39.2 Å². The van der Waals surface area contributed by atoms with Crippen molar-refractivity contribution in [1.29, 1.82) is 0 Å². The Labute approximate surface area is 152 Å². The minimum atomic E-state index is -0.602. The Kier molecular flexibility index (Phi) is 6.04. The molecule has 144 valence electrons. The SMILES string of the molecule is CO[C@@H]1CN(c2ccc([N+](=O)[O-])cc2CO)CCN1C(=O)OC(C)(C)C. The van der Waals surface area contributed by atoms with Gasteiger partial charge in [0.25, 0.3) is 5.69 Å². The maximum absolute atomic E-state index is 12.4. The van der Waals surface area contributed by atoms with E-state index in [0.717, 1.165) is 0 Å². The Bertz CT molecular complexity index is 673. The van der Waals surface area contributed by atoms with Gasteiger partial charge in [-0.1, -0.05) is 0 Å². The molecule has 1 fully saturated rings. The minimum absolute atomic E-state index is 0.0755. The van der Waals surface area contributed by atoms with Gasteiger partial charge in [-0.05, 0) is 26.8 Å². The first-order chi connectivity index (χ1) is 12.2. The highest BCUT2D eigenvalue weighted by Crippen LogP contribution is 2.28. The molecule has 2 rings (SSSR count). The number of non-ortho nitro benzene ring substituents is 1. The van der Waals surface area contributed by atoms with Crippen LogP contribution in [0.2, 0.25) is 0 Å². The summed E-state index contributed by atoms with van der Waals surface area (Å²) in [5.74, 6) is 0. The molecule has 0 aromatic heterocycles. The van der Waals surface area contributed by atoms with Crippen LogP contribution in [0, 0.1) is 10.1 Å². The van der Waals surface area contributed by atoms with Crippen LogP contribution in [-0.2, 0) is 16.1 Å². The van der Waals surface area contributed by atoms with Crippen LogP contribution in [0.4, 0.5) is 16.2 Å². The summed E-state index contributed by atoms with van der Waals surface area (Å²) in [7, 11) is 1.51. The number of carbonyl (C=O) groups excluding carboxylic acids is 1. The molecule has 1 aromatic carbocycles. The van der Waals surface area contributed by atoms with Crippen molar-refractivity contribution in [3.63, 3.8) is 0 Å². The highest BCUT2D eigenvalue weighted by molar-refractivity contribution is 5.69. The zero-order chi connectivity index (χ0) is 19.5. The molecular formula is C17H25N3O6. The lowest BCUT2D eigenvalue weighted by atomic mass is 10.1. The van der Waals surface area contributed by atoms with E-state index >= 15 is 0 Å². The number of rotatable bonds is 4. The van der Waals surface area contributed by atoms with Crippen LogP contribution in [0.5, 0.6) is 0 Å². The molecule has 0 radical (unpaired) electrons. The van der Waals surface area contributed by atoms with Gasteiger partial charge in [-0.2, -0.15) is 0 Å². The number of methoxy groups -OCH3 is 1. The molecular weight excluding hydrogens is 342 g/mol. The van der Waals surface area contributed by atoms with Crippen molar-refractivity contribution in [1.82, 2.24) is 4.90 Å². The number of aliphatic hydroxyl groups is 1. The number of hydrogen-bond acceptors (Lipinski definition) is 7. The minimum Gasteiger partial charge on any atom is -0.444 e. The van der Waals surface area contributed by atoms with E-state index in [1.807, 2.05) is 4.90 Å². The van der Waals surface area contributed by atoms with Gasteiger partial charge in [0.05, 0.1) is 18.1 Å². The third-order valence-corrected chi connectivity index (χ3v) is 4.02. The molecule has 1 atom stereocenters. The molecule has 0 aliphatic carbocycles. The number of piperazine rings is 1. The average Bonchev–Trinajstić information content (AvgIpc) is 2.58. The third kappa shape index (κ3) is 4.61. The van der Waals surface area contributed by atoms with Crippen molar-refractivity contribution in [2.24, 2.45) is 0 Å². The predicted octanol–water partition coefficient (Wildman–Crippen LogP) is 2.12. The zero-order valence-corrected chi connectivity index (χ0v) is 15.5. The van der Waals surface area contributed by atoms with Crippen LogP contribution in [0.1, 0.15) is 26.3 Å². The number of ether oxygens (including phenoxy) is 2. The summed E-state index contributed by atoms with van der Waals surface area (Å²) < 4.78 is 10.9. The van der Waals surface area contributed by atoms with Gasteiger partial charge in [-0.25, -0.2) is 4.79 Å². The fourth-order valence-corrected chi connectivity index (χ4v) is 2.82. The average molecular weight is 367 g/mol. The molecule has 0 spiro atoms. The van der Waals surface area contributed by atoms with Gasteiger partial charge < -0.3 is 19.5 Å². The Hall–Kier alpha value is -2.39. The lowest BCUT2D eigenvalue weighted by Crippen LogP contribution is -2.57. The number of aliphatic hydroxyl groups excluding tert-OH is 1. The van der Waals surface area contributed by atoms with Crippen LogP contribution in [0.3, 0.4) is 0 Å². The van der Waals surface area contributed by atoms with E-state index in [1.165, 1.54) is 24.1 Å². The monoisotopic (exact) mass is 367 g/mol. The number of nitro benzene ring substituents is 1. The Morgan fingerprint density at radius 2 is 2.08 bits per heavy atom. The predicted molar refractivity (Wildman–Crippen MR) is 95.0 cm³/mol. The highest BCUT2D eigenvalue weighted by atomic mass is 16.6. The number of benzene rings is 1. The largest absolute Gasteiger partial charge is 0.444 e. The van der Waals surface area contributed by atoms with Gasteiger partial charge in [0.1, 0.15) is 5.60 Å². The summed E-state index contributed by atoms with van der Waals surface area (Å²) in [6, 6.07) is 4.37. The molecule has 1 N–H and O–H groups in total. The first-order valence-electron chi connectivity index (χ1n) is 8.32. The number of nitro groups is 1. The highest BCUT2D eigenvalue weighted by Gasteiger charge is 2.34. The topological polar surface area (TPSA) is 105 Å². The lowest BCUT2D eigenvalue weighted by Gasteiger charge is -2.42. The van der Waals surface area contributed by atoms with Gasteiger partial charge >= 0.3 is 6.09 Å². The van der Waals surface area contributed by atoms with E-state index in [2.05, 4.69) is 0 Å². The van der Waals surface area contributed by atoms with Crippen molar-refractivity contribution in [2.75, 3.05) is 31.6 Å². The smallest absolute Gasteiger partial charge is 0.412 e. The van der Waals surface area contributed by atoms with E-state index in [4.69, 9.17) is 9.47 Å². The van der Waals surface area contributed by atoms with Crippen LogP contribution in [-0.4, -0.2) is 59.6 Å². The van der Waals surface area contributed by atoms with Crippen molar-refractivity contribution in [3.8, 4) is 0 Å². The molecule has 1 heterocycles. The number of carbonyl (C=O) groups is 1. The maximum atomic E-state index is 12.4. The maximum Gasteiger partial charge on any atom is 0.412 e. The van der Waals surface area contributed by atoms with Gasteiger partial charge in [-0.3, -0.25) is 15.0 Å². The number of nitrogens with zero attached hydrogens (tertiary/aromatic N) is 3. The first kappa shape index (κ1) is 19.9. The van der Waals surface area contributed by atoms with E-state index in [1.54, 1.807) is 26.8 Å². The van der Waals surface area contributed by atoms with Crippen LogP contribution < -0.4 is 4.90 Å². The summed E-state index contributed by atoms with van der Waals surface area (Å²) in [4.78, 5) is 26.2.